The van der Waals surface area contributed by atoms with E-state index >= 15 is 0 Å². The van der Waals surface area contributed by atoms with Gasteiger partial charge in [0.05, 0.1) is 4.90 Å². The van der Waals surface area contributed by atoms with Gasteiger partial charge in [-0.2, -0.15) is 4.31 Å². The molecule has 1 heterocycles. The standard InChI is InChI=1S/C21H27N5O2S2/c1-3-25(4-2)30(27,28)19-14-8-13-18(16-19)20-23-24-21(26(20)22)29-15-9-12-17-10-6-5-7-11-17/h5-8,10-11,13-14,16H,3-4,9,12,15,22H2,1-2H3. The van der Waals surface area contributed by atoms with Gasteiger partial charge in [0.2, 0.25) is 15.2 Å². The van der Waals surface area contributed by atoms with Crippen LogP contribution in [0.1, 0.15) is 25.8 Å². The fourth-order valence-corrected chi connectivity index (χ4v) is 5.46. The number of nitrogens with zero attached hydrogens (tertiary/aromatic N) is 4. The summed E-state index contributed by atoms with van der Waals surface area (Å²) in [5.41, 5.74) is 1.92. The van der Waals surface area contributed by atoms with E-state index in [2.05, 4.69) is 22.3 Å². The van der Waals surface area contributed by atoms with E-state index in [1.54, 1.807) is 36.0 Å². The topological polar surface area (TPSA) is 94.1 Å². The Balaban J connectivity index is 1.71. The fraction of sp³-hybridized carbons (Fsp3) is 0.333. The van der Waals surface area contributed by atoms with E-state index in [1.165, 1.54) is 14.5 Å². The fourth-order valence-electron chi connectivity index (χ4n) is 3.16. The van der Waals surface area contributed by atoms with Gasteiger partial charge in [0.25, 0.3) is 0 Å². The number of hydrogen-bond donors (Lipinski definition) is 1. The third-order valence-corrected chi connectivity index (χ3v) is 7.86. The van der Waals surface area contributed by atoms with Gasteiger partial charge in [0.15, 0.2) is 5.82 Å². The second-order valence-corrected chi connectivity index (χ2v) is 9.73. The number of nitrogens with two attached hydrogens (primary N) is 1. The number of aryl methyl sites for hydroxylation is 1. The van der Waals surface area contributed by atoms with E-state index in [9.17, 15) is 8.42 Å². The van der Waals surface area contributed by atoms with E-state index in [1.807, 2.05) is 32.0 Å². The SMILES string of the molecule is CCN(CC)S(=O)(=O)c1cccc(-c2nnc(SCCCc3ccccc3)n2N)c1. The number of aromatic nitrogens is 3. The minimum Gasteiger partial charge on any atom is -0.335 e. The molecule has 0 fully saturated rings. The van der Waals surface area contributed by atoms with Gasteiger partial charge in [0.1, 0.15) is 0 Å². The molecule has 1 aromatic heterocycles. The summed E-state index contributed by atoms with van der Waals surface area (Å²) in [5, 5.41) is 8.98. The summed E-state index contributed by atoms with van der Waals surface area (Å²) in [4.78, 5) is 0.226. The van der Waals surface area contributed by atoms with E-state index in [0.717, 1.165) is 18.6 Å². The normalized spacial score (nSPS) is 11.8. The lowest BCUT2D eigenvalue weighted by Gasteiger charge is -2.18. The van der Waals surface area contributed by atoms with Crippen LogP contribution in [0.5, 0.6) is 0 Å². The number of thioether (sulfide) groups is 1. The Morgan fingerprint density at radius 3 is 2.47 bits per heavy atom. The molecule has 9 heteroatoms. The van der Waals surface area contributed by atoms with Crippen molar-refractivity contribution in [2.75, 3.05) is 24.7 Å². The molecule has 30 heavy (non-hydrogen) atoms. The lowest BCUT2D eigenvalue weighted by molar-refractivity contribution is 0.445. The van der Waals surface area contributed by atoms with Crippen molar-refractivity contribution in [3.8, 4) is 11.4 Å². The van der Waals surface area contributed by atoms with Crippen molar-refractivity contribution in [1.29, 1.82) is 0 Å². The average molecular weight is 446 g/mol. The Labute approximate surface area is 182 Å². The third kappa shape index (κ3) is 5.03. The Morgan fingerprint density at radius 2 is 1.77 bits per heavy atom. The van der Waals surface area contributed by atoms with Crippen molar-refractivity contribution in [1.82, 2.24) is 19.2 Å². The van der Waals surface area contributed by atoms with Crippen molar-refractivity contribution in [3.05, 3.63) is 60.2 Å². The first-order chi connectivity index (χ1) is 14.5. The second kappa shape index (κ2) is 10.1. The van der Waals surface area contributed by atoms with Crippen molar-refractivity contribution in [2.24, 2.45) is 0 Å². The summed E-state index contributed by atoms with van der Waals surface area (Å²) >= 11 is 1.54. The van der Waals surface area contributed by atoms with Crippen LogP contribution in [-0.4, -0.2) is 46.4 Å². The number of benzene rings is 2. The minimum atomic E-state index is -3.55. The lowest BCUT2D eigenvalue weighted by Crippen LogP contribution is -2.30. The number of sulfonamides is 1. The number of nitrogen functional groups attached to an aromatic ring is 1. The molecule has 0 radical (unpaired) electrons. The molecule has 0 aliphatic heterocycles. The molecule has 0 saturated heterocycles. The minimum absolute atomic E-state index is 0.226. The third-order valence-electron chi connectivity index (χ3n) is 4.78. The molecule has 3 aromatic rings. The summed E-state index contributed by atoms with van der Waals surface area (Å²) in [6.07, 6.45) is 1.99. The molecule has 7 nitrogen and oxygen atoms in total. The Hall–Kier alpha value is -2.36. The first-order valence-corrected chi connectivity index (χ1v) is 12.4. The van der Waals surface area contributed by atoms with Gasteiger partial charge < -0.3 is 5.84 Å². The van der Waals surface area contributed by atoms with Crippen LogP contribution in [0, 0.1) is 0 Å². The summed E-state index contributed by atoms with van der Waals surface area (Å²) in [5.74, 6) is 7.51. The highest BCUT2D eigenvalue weighted by Crippen LogP contribution is 2.25. The lowest BCUT2D eigenvalue weighted by atomic mass is 10.1. The first kappa shape index (κ1) is 22.3. The molecule has 3 rings (SSSR count). The molecule has 0 unspecified atom stereocenters. The predicted octanol–water partition coefficient (Wildman–Crippen LogP) is 3.41. The molecule has 160 valence electrons. The van der Waals surface area contributed by atoms with Crippen LogP contribution in [0.15, 0.2) is 64.6 Å². The van der Waals surface area contributed by atoms with Gasteiger partial charge in [-0.05, 0) is 30.5 Å². The van der Waals surface area contributed by atoms with Crippen LogP contribution < -0.4 is 5.84 Å². The van der Waals surface area contributed by atoms with Crippen LogP contribution in [0.25, 0.3) is 11.4 Å². The van der Waals surface area contributed by atoms with Crippen LogP contribution in [0.3, 0.4) is 0 Å². The molecule has 0 aliphatic carbocycles. The van der Waals surface area contributed by atoms with Gasteiger partial charge in [-0.25, -0.2) is 13.1 Å². The molecule has 2 N–H and O–H groups in total. The zero-order chi connectivity index (χ0) is 21.6. The molecule has 0 saturated carbocycles. The van der Waals surface area contributed by atoms with E-state index in [-0.39, 0.29) is 4.90 Å². The summed E-state index contributed by atoms with van der Waals surface area (Å²) < 4.78 is 28.5. The van der Waals surface area contributed by atoms with Gasteiger partial charge in [0, 0.05) is 24.4 Å². The molecule has 0 aliphatic rings. The molecular weight excluding hydrogens is 418 g/mol. The van der Waals surface area contributed by atoms with Crippen molar-refractivity contribution >= 4 is 21.8 Å². The van der Waals surface area contributed by atoms with Gasteiger partial charge >= 0.3 is 0 Å². The van der Waals surface area contributed by atoms with Crippen molar-refractivity contribution in [3.63, 3.8) is 0 Å². The molecule has 0 spiro atoms. The zero-order valence-corrected chi connectivity index (χ0v) is 18.9. The van der Waals surface area contributed by atoms with Gasteiger partial charge in [-0.15, -0.1) is 10.2 Å². The highest BCUT2D eigenvalue weighted by molar-refractivity contribution is 7.99. The highest BCUT2D eigenvalue weighted by atomic mass is 32.2. The quantitative estimate of drug-likeness (QED) is 0.292. The Morgan fingerprint density at radius 1 is 1.03 bits per heavy atom. The monoisotopic (exact) mass is 445 g/mol. The number of rotatable bonds is 10. The maximum absolute atomic E-state index is 12.8. The first-order valence-electron chi connectivity index (χ1n) is 9.95. The van der Waals surface area contributed by atoms with Crippen LogP contribution in [0.2, 0.25) is 0 Å². The maximum atomic E-state index is 12.8. The number of hydrogen-bond acceptors (Lipinski definition) is 6. The molecule has 0 atom stereocenters. The largest absolute Gasteiger partial charge is 0.335 e. The Kier molecular flexibility index (Phi) is 7.52. The van der Waals surface area contributed by atoms with Gasteiger partial charge in [-0.3, -0.25) is 0 Å². The van der Waals surface area contributed by atoms with E-state index < -0.39 is 10.0 Å². The predicted molar refractivity (Wildman–Crippen MR) is 121 cm³/mol. The van der Waals surface area contributed by atoms with Crippen LogP contribution in [0.4, 0.5) is 0 Å². The van der Waals surface area contributed by atoms with E-state index in [4.69, 9.17) is 5.84 Å². The zero-order valence-electron chi connectivity index (χ0n) is 17.2. The molecule has 0 amide bonds. The molecular formula is C21H27N5O2S2. The molecule has 0 bridgehead atoms. The van der Waals surface area contributed by atoms with Gasteiger partial charge in [-0.1, -0.05) is 68.1 Å². The Bertz CT molecular complexity index is 1060. The highest BCUT2D eigenvalue weighted by Gasteiger charge is 2.22. The summed E-state index contributed by atoms with van der Waals surface area (Å²) in [6.45, 7) is 4.48. The van der Waals surface area contributed by atoms with E-state index in [0.29, 0.717) is 29.6 Å². The van der Waals surface area contributed by atoms with Crippen LogP contribution in [-0.2, 0) is 16.4 Å². The maximum Gasteiger partial charge on any atom is 0.243 e. The summed E-state index contributed by atoms with van der Waals surface area (Å²) in [7, 11) is -3.55. The molecule has 2 aromatic carbocycles. The average Bonchev–Trinajstić information content (AvgIpc) is 3.13. The van der Waals surface area contributed by atoms with Crippen molar-refractivity contribution < 1.29 is 8.42 Å². The smallest absolute Gasteiger partial charge is 0.243 e. The van der Waals surface area contributed by atoms with Crippen LogP contribution >= 0.6 is 11.8 Å². The summed E-state index contributed by atoms with van der Waals surface area (Å²) in [6, 6.07) is 17.0. The van der Waals surface area contributed by atoms with Crippen molar-refractivity contribution in [2.45, 2.75) is 36.7 Å². The second-order valence-electron chi connectivity index (χ2n) is 6.73.